The lowest BCUT2D eigenvalue weighted by Gasteiger charge is -2.74. The normalized spacial score (nSPS) is 50.9. The van der Waals surface area contributed by atoms with Gasteiger partial charge in [-0.1, -0.05) is 13.8 Å². The van der Waals surface area contributed by atoms with Crippen LogP contribution in [0.3, 0.4) is 0 Å². The molecule has 6 rings (SSSR count). The molecule has 3 N–H and O–H groups in total. The van der Waals surface area contributed by atoms with Crippen LogP contribution in [-0.2, 0) is 0 Å². The monoisotopic (exact) mass is 504 g/mol. The van der Waals surface area contributed by atoms with Crippen molar-refractivity contribution < 1.29 is 15.3 Å². The number of fused-ring (bicyclic) bond motifs is 5. The maximum atomic E-state index is 13.3. The van der Waals surface area contributed by atoms with Gasteiger partial charge in [0.05, 0.1) is 12.2 Å². The van der Waals surface area contributed by atoms with Gasteiger partial charge >= 0.3 is 0 Å². The van der Waals surface area contributed by atoms with E-state index in [9.17, 15) is 15.3 Å². The van der Waals surface area contributed by atoms with Gasteiger partial charge in [0.1, 0.15) is 11.3 Å². The average molecular weight is 505 g/mol. The average Bonchev–Trinajstić information content (AvgIpc) is 3.15. The van der Waals surface area contributed by atoms with Gasteiger partial charge in [0.15, 0.2) is 0 Å². The molecule has 2 saturated heterocycles. The van der Waals surface area contributed by atoms with E-state index in [1.54, 1.807) is 0 Å². The minimum Gasteiger partial charge on any atom is -0.393 e. The van der Waals surface area contributed by atoms with Crippen molar-refractivity contribution in [3.8, 4) is 0 Å². The Morgan fingerprint density at radius 3 is 1.83 bits per heavy atom. The van der Waals surface area contributed by atoms with Crippen molar-refractivity contribution in [2.45, 2.75) is 88.7 Å². The van der Waals surface area contributed by atoms with Crippen LogP contribution >= 0.6 is 0 Å². The molecule has 0 amide bonds. The Kier molecular flexibility index (Phi) is 6.40. The number of piperazine rings is 2. The van der Waals surface area contributed by atoms with Crippen LogP contribution in [0.15, 0.2) is 0 Å². The largest absolute Gasteiger partial charge is 0.393 e. The Labute approximate surface area is 218 Å². The van der Waals surface area contributed by atoms with E-state index in [0.717, 1.165) is 97.3 Å². The van der Waals surface area contributed by atoms with E-state index in [0.29, 0.717) is 24.2 Å². The highest BCUT2D eigenvalue weighted by molar-refractivity contribution is 5.25. The summed E-state index contributed by atoms with van der Waals surface area (Å²) in [5, 5.41) is 35.6. The summed E-state index contributed by atoms with van der Waals surface area (Å²) in [6, 6.07) is 0. The fourth-order valence-corrected chi connectivity index (χ4v) is 10.6. The maximum absolute atomic E-state index is 13.3. The summed E-state index contributed by atoms with van der Waals surface area (Å²) in [6.45, 7) is 12.8. The SMILES string of the molecule is CN1CCN(C2(N3CCN(C)CC3)C[C@@H]3[C@@H](CC[C@]4(C)C(O)CC[C@@H]34)[C@@]3(C)CCC(O)CC23O)CC1. The molecule has 4 aliphatic carbocycles. The van der Waals surface area contributed by atoms with Crippen LogP contribution in [0.1, 0.15) is 65.2 Å². The molecule has 3 unspecified atom stereocenters. The second-order valence-electron chi connectivity index (χ2n) is 14.3. The molecule has 8 atom stereocenters. The van der Waals surface area contributed by atoms with Crippen LogP contribution in [0, 0.1) is 28.6 Å². The molecule has 0 aromatic heterocycles. The third-order valence-corrected chi connectivity index (χ3v) is 12.9. The minimum atomic E-state index is -0.949. The molecule has 0 aromatic rings. The predicted molar refractivity (Wildman–Crippen MR) is 141 cm³/mol. The molecule has 36 heavy (non-hydrogen) atoms. The van der Waals surface area contributed by atoms with Gasteiger partial charge in [-0.25, -0.2) is 0 Å². The molecule has 2 aliphatic heterocycles. The third kappa shape index (κ3) is 3.42. The summed E-state index contributed by atoms with van der Waals surface area (Å²) >= 11 is 0. The first kappa shape index (κ1) is 26.0. The molecule has 7 nitrogen and oxygen atoms in total. The predicted octanol–water partition coefficient (Wildman–Crippen LogP) is 1.67. The minimum absolute atomic E-state index is 0.0110. The van der Waals surface area contributed by atoms with Gasteiger partial charge in [0.25, 0.3) is 0 Å². The van der Waals surface area contributed by atoms with Gasteiger partial charge in [-0.2, -0.15) is 0 Å². The number of aliphatic hydroxyl groups excluding tert-OH is 2. The molecule has 6 fully saturated rings. The second kappa shape index (κ2) is 8.87. The van der Waals surface area contributed by atoms with E-state index in [2.05, 4.69) is 47.5 Å². The number of likely N-dealkylation sites (N-methyl/N-ethyl adjacent to an activating group) is 2. The van der Waals surface area contributed by atoms with Crippen molar-refractivity contribution in [2.75, 3.05) is 66.5 Å². The van der Waals surface area contributed by atoms with Crippen molar-refractivity contribution in [3.05, 3.63) is 0 Å². The molecular formula is C29H52N4O3. The number of hydrogen-bond donors (Lipinski definition) is 3. The van der Waals surface area contributed by atoms with Crippen molar-refractivity contribution in [2.24, 2.45) is 28.6 Å². The van der Waals surface area contributed by atoms with Crippen LogP contribution in [0.5, 0.6) is 0 Å². The van der Waals surface area contributed by atoms with Crippen molar-refractivity contribution >= 4 is 0 Å². The number of nitrogens with zero attached hydrogens (tertiary/aromatic N) is 4. The Bertz CT molecular complexity index is 805. The summed E-state index contributed by atoms with van der Waals surface area (Å²) in [4.78, 5) is 10.2. The van der Waals surface area contributed by atoms with Crippen LogP contribution in [-0.4, -0.2) is 125 Å². The van der Waals surface area contributed by atoms with Crippen molar-refractivity contribution in [1.29, 1.82) is 0 Å². The van der Waals surface area contributed by atoms with Crippen LogP contribution in [0.4, 0.5) is 0 Å². The zero-order valence-corrected chi connectivity index (χ0v) is 23.3. The highest BCUT2D eigenvalue weighted by Gasteiger charge is 2.74. The zero-order chi connectivity index (χ0) is 25.5. The highest BCUT2D eigenvalue weighted by Crippen LogP contribution is 2.70. The first-order chi connectivity index (χ1) is 17.0. The molecule has 7 heteroatoms. The summed E-state index contributed by atoms with van der Waals surface area (Å²) in [5.74, 6) is 1.51. The Morgan fingerprint density at radius 1 is 0.667 bits per heavy atom. The van der Waals surface area contributed by atoms with Crippen molar-refractivity contribution in [3.63, 3.8) is 0 Å². The number of aliphatic hydroxyl groups is 3. The molecule has 6 aliphatic rings. The van der Waals surface area contributed by atoms with E-state index in [1.807, 2.05) is 0 Å². The summed E-state index contributed by atoms with van der Waals surface area (Å²) in [5.41, 5.74) is -1.62. The summed E-state index contributed by atoms with van der Waals surface area (Å²) < 4.78 is 0. The van der Waals surface area contributed by atoms with Gasteiger partial charge in [0.2, 0.25) is 0 Å². The first-order valence-electron chi connectivity index (χ1n) is 15.0. The van der Waals surface area contributed by atoms with Gasteiger partial charge in [-0.3, -0.25) is 9.80 Å². The molecule has 0 bridgehead atoms. The number of rotatable bonds is 2. The Hall–Kier alpha value is -0.280. The smallest absolute Gasteiger partial charge is 0.104 e. The summed E-state index contributed by atoms with van der Waals surface area (Å²) in [6.07, 6.45) is 6.79. The first-order valence-corrected chi connectivity index (χ1v) is 15.0. The fourth-order valence-electron chi connectivity index (χ4n) is 10.6. The van der Waals surface area contributed by atoms with E-state index in [-0.39, 0.29) is 16.9 Å². The van der Waals surface area contributed by atoms with E-state index >= 15 is 0 Å². The Balaban J connectivity index is 1.50. The van der Waals surface area contributed by atoms with E-state index in [4.69, 9.17) is 0 Å². The maximum Gasteiger partial charge on any atom is 0.104 e. The zero-order valence-electron chi connectivity index (χ0n) is 23.3. The van der Waals surface area contributed by atoms with Gasteiger partial charge < -0.3 is 25.1 Å². The van der Waals surface area contributed by atoms with Gasteiger partial charge in [-0.05, 0) is 82.2 Å². The van der Waals surface area contributed by atoms with E-state index in [1.165, 1.54) is 0 Å². The standard InChI is InChI=1S/C29H52N4O3/c1-26-9-8-24-22(23(26)5-6-25(26)35)20-29(32-15-11-30(3)12-16-32,33-17-13-31(4)14-18-33)28(36)19-21(34)7-10-27(24,28)2/h21-25,34-36H,5-20H2,1-4H3/t21?,22-,23-,24+,25?,26-,27+,28?/m0/s1. The van der Waals surface area contributed by atoms with Crippen LogP contribution < -0.4 is 0 Å². The third-order valence-electron chi connectivity index (χ3n) is 12.9. The van der Waals surface area contributed by atoms with Gasteiger partial charge in [0, 0.05) is 64.2 Å². The lowest BCUT2D eigenvalue weighted by Crippen LogP contribution is -2.84. The lowest BCUT2D eigenvalue weighted by atomic mass is 9.40. The van der Waals surface area contributed by atoms with Crippen LogP contribution in [0.2, 0.25) is 0 Å². The summed E-state index contributed by atoms with van der Waals surface area (Å²) in [7, 11) is 4.43. The van der Waals surface area contributed by atoms with Crippen LogP contribution in [0.25, 0.3) is 0 Å². The Morgan fingerprint density at radius 2 is 1.25 bits per heavy atom. The van der Waals surface area contributed by atoms with Gasteiger partial charge in [-0.15, -0.1) is 0 Å². The lowest BCUT2D eigenvalue weighted by molar-refractivity contribution is -0.329. The molecular weight excluding hydrogens is 452 g/mol. The quantitative estimate of drug-likeness (QED) is 0.528. The molecule has 206 valence electrons. The highest BCUT2D eigenvalue weighted by atomic mass is 16.3. The number of hydrogen-bond acceptors (Lipinski definition) is 7. The van der Waals surface area contributed by atoms with Crippen molar-refractivity contribution in [1.82, 2.24) is 19.6 Å². The van der Waals surface area contributed by atoms with E-state index < -0.39 is 17.4 Å². The second-order valence-corrected chi connectivity index (χ2v) is 14.3. The fraction of sp³-hybridized carbons (Fsp3) is 1.00. The molecule has 0 aromatic carbocycles. The molecule has 4 saturated carbocycles. The molecule has 0 spiro atoms. The molecule has 0 radical (unpaired) electrons. The molecule has 2 heterocycles. The topological polar surface area (TPSA) is 73.7 Å².